The summed E-state index contributed by atoms with van der Waals surface area (Å²) in [6.45, 7) is 1.69. The zero-order valence-electron chi connectivity index (χ0n) is 7.12. The van der Waals surface area contributed by atoms with Gasteiger partial charge in [0.15, 0.2) is 0 Å². The molecule has 0 bridgehead atoms. The van der Waals surface area contributed by atoms with Crippen molar-refractivity contribution in [3.05, 3.63) is 35.6 Å². The van der Waals surface area contributed by atoms with Gasteiger partial charge >= 0.3 is 0 Å². The van der Waals surface area contributed by atoms with E-state index < -0.39 is 0 Å². The van der Waals surface area contributed by atoms with Crippen molar-refractivity contribution in [3.8, 4) is 0 Å². The molecule has 0 fully saturated rings. The lowest BCUT2D eigenvalue weighted by Crippen LogP contribution is -2.17. The third-order valence-electron chi connectivity index (χ3n) is 1.40. The molecule has 0 unspecified atom stereocenters. The minimum absolute atomic E-state index is 0.349. The highest BCUT2D eigenvalue weighted by atomic mass is 18.2. The van der Waals surface area contributed by atoms with Gasteiger partial charge in [0.25, 0.3) is 5.91 Å². The maximum absolute atomic E-state index is 12.4. The number of nitrogens with one attached hydrogen (secondary N) is 1. The first-order valence-electron chi connectivity index (χ1n) is 3.77. The standard InChI is InChI=1S/C9H9FN2O/c1-2-11-12-9(13)7-3-5-8(10)6-4-7/h2-6H,1H3,(H,12,13)/i10-1. The Morgan fingerprint density at radius 1 is 1.46 bits per heavy atom. The highest BCUT2D eigenvalue weighted by Crippen LogP contribution is 2.01. The monoisotopic (exact) mass is 179 g/mol. The fourth-order valence-electron chi connectivity index (χ4n) is 0.789. The number of hydrogen-bond acceptors (Lipinski definition) is 2. The van der Waals surface area contributed by atoms with E-state index in [1.165, 1.54) is 30.5 Å². The first-order valence-corrected chi connectivity index (χ1v) is 3.77. The van der Waals surface area contributed by atoms with Gasteiger partial charge in [-0.25, -0.2) is 9.82 Å². The zero-order chi connectivity index (χ0) is 9.68. The number of hydrazone groups is 1. The lowest BCUT2D eigenvalue weighted by molar-refractivity contribution is 0.0955. The first-order chi connectivity index (χ1) is 6.24. The number of rotatable bonds is 2. The predicted molar refractivity (Wildman–Crippen MR) is 48.0 cm³/mol. The number of halogens is 1. The summed E-state index contributed by atoms with van der Waals surface area (Å²) in [6, 6.07) is 5.25. The average Bonchev–Trinajstić information content (AvgIpc) is 2.15. The maximum atomic E-state index is 12.4. The third-order valence-corrected chi connectivity index (χ3v) is 1.40. The van der Waals surface area contributed by atoms with E-state index in [0.717, 1.165) is 0 Å². The smallest absolute Gasteiger partial charge is 0.267 e. The van der Waals surface area contributed by atoms with E-state index >= 15 is 0 Å². The fraction of sp³-hybridized carbons (Fsp3) is 0.111. The van der Waals surface area contributed by atoms with Crippen LogP contribution in [0.25, 0.3) is 0 Å². The van der Waals surface area contributed by atoms with Gasteiger partial charge in [0, 0.05) is 11.8 Å². The summed E-state index contributed by atoms with van der Waals surface area (Å²) in [5.41, 5.74) is 2.66. The van der Waals surface area contributed by atoms with Crippen LogP contribution in [-0.2, 0) is 0 Å². The summed E-state index contributed by atoms with van der Waals surface area (Å²) < 4.78 is 12.4. The summed E-state index contributed by atoms with van der Waals surface area (Å²) >= 11 is 0. The summed E-state index contributed by atoms with van der Waals surface area (Å²) in [5.74, 6) is -0.714. The molecule has 1 aromatic carbocycles. The van der Waals surface area contributed by atoms with E-state index in [1.807, 2.05) is 0 Å². The molecule has 1 rings (SSSR count). The second-order valence-electron chi connectivity index (χ2n) is 2.34. The molecule has 3 nitrogen and oxygen atoms in total. The van der Waals surface area contributed by atoms with Crippen LogP contribution in [0.2, 0.25) is 0 Å². The normalized spacial score (nSPS) is 10.3. The summed E-state index contributed by atoms with van der Waals surface area (Å²) in [4.78, 5) is 11.2. The van der Waals surface area contributed by atoms with Crippen LogP contribution in [0.1, 0.15) is 17.3 Å². The molecule has 0 atom stereocenters. The molecule has 0 spiro atoms. The maximum Gasteiger partial charge on any atom is 0.271 e. The van der Waals surface area contributed by atoms with E-state index in [4.69, 9.17) is 0 Å². The molecule has 0 aliphatic rings. The van der Waals surface area contributed by atoms with Crippen molar-refractivity contribution in [1.82, 2.24) is 5.43 Å². The highest BCUT2D eigenvalue weighted by molar-refractivity contribution is 5.94. The number of carbonyl (C=O) groups is 1. The van der Waals surface area contributed by atoms with Gasteiger partial charge in [0.05, 0.1) is 0 Å². The van der Waals surface area contributed by atoms with Crippen LogP contribution in [-0.4, -0.2) is 12.1 Å². The van der Waals surface area contributed by atoms with Crippen LogP contribution in [0, 0.1) is 5.82 Å². The van der Waals surface area contributed by atoms with Crippen LogP contribution < -0.4 is 5.43 Å². The Morgan fingerprint density at radius 3 is 2.62 bits per heavy atom. The Labute approximate surface area is 75.3 Å². The van der Waals surface area contributed by atoms with Crippen molar-refractivity contribution in [2.45, 2.75) is 6.92 Å². The van der Waals surface area contributed by atoms with Gasteiger partial charge in [-0.15, -0.1) is 0 Å². The van der Waals surface area contributed by atoms with Gasteiger partial charge in [-0.1, -0.05) is 0 Å². The molecule has 0 radical (unpaired) electrons. The van der Waals surface area contributed by atoms with Crippen molar-refractivity contribution in [1.29, 1.82) is 0 Å². The second kappa shape index (κ2) is 4.35. The summed E-state index contributed by atoms with van der Waals surface area (Å²) in [7, 11) is 0. The Hall–Kier alpha value is -1.71. The topological polar surface area (TPSA) is 41.5 Å². The van der Waals surface area contributed by atoms with E-state index in [1.54, 1.807) is 6.92 Å². The predicted octanol–water partition coefficient (Wildman–Crippen LogP) is 1.56. The Balaban J connectivity index is 2.72. The molecule has 0 aliphatic heterocycles. The summed E-state index contributed by atoms with van der Waals surface area (Å²) in [6.07, 6.45) is 1.46. The van der Waals surface area contributed by atoms with Crippen molar-refractivity contribution in [2.75, 3.05) is 0 Å². The van der Waals surface area contributed by atoms with Gasteiger partial charge in [-0.05, 0) is 31.2 Å². The Bertz CT molecular complexity index is 319. The molecule has 1 N–H and O–H groups in total. The molecule has 0 saturated carbocycles. The third kappa shape index (κ3) is 2.66. The van der Waals surface area contributed by atoms with E-state index in [9.17, 15) is 9.18 Å². The van der Waals surface area contributed by atoms with Crippen molar-refractivity contribution < 1.29 is 9.18 Å². The minimum Gasteiger partial charge on any atom is -0.267 e. The molecular formula is C9H9FN2O. The van der Waals surface area contributed by atoms with Gasteiger partial charge in [-0.3, -0.25) is 4.79 Å². The molecule has 0 aromatic heterocycles. The van der Waals surface area contributed by atoms with E-state index in [-0.39, 0.29) is 11.7 Å². The fourth-order valence-corrected chi connectivity index (χ4v) is 0.789. The van der Waals surface area contributed by atoms with Gasteiger partial charge in [0.2, 0.25) is 0 Å². The second-order valence-corrected chi connectivity index (χ2v) is 2.34. The molecule has 0 saturated heterocycles. The van der Waals surface area contributed by atoms with Crippen LogP contribution in [0.15, 0.2) is 29.4 Å². The molecule has 0 heterocycles. The summed E-state index contributed by atoms with van der Waals surface area (Å²) in [5, 5.41) is 3.55. The number of benzene rings is 1. The number of hydrogen-bond donors (Lipinski definition) is 1. The molecule has 4 heteroatoms. The van der Waals surface area contributed by atoms with Gasteiger partial charge < -0.3 is 0 Å². The van der Waals surface area contributed by atoms with Crippen molar-refractivity contribution in [3.63, 3.8) is 0 Å². The Kier molecular flexibility index (Phi) is 3.14. The zero-order valence-corrected chi connectivity index (χ0v) is 7.12. The molecule has 68 valence electrons. The number of nitrogens with zero attached hydrogens (tertiary/aromatic N) is 1. The van der Waals surface area contributed by atoms with Crippen LogP contribution in [0.3, 0.4) is 0 Å². The number of carbonyl (C=O) groups excluding carboxylic acids is 1. The average molecular weight is 179 g/mol. The molecule has 0 aliphatic carbocycles. The molecule has 1 aromatic rings. The molecule has 1 amide bonds. The van der Waals surface area contributed by atoms with E-state index in [2.05, 4.69) is 10.5 Å². The van der Waals surface area contributed by atoms with Crippen LogP contribution in [0.5, 0.6) is 0 Å². The lowest BCUT2D eigenvalue weighted by atomic mass is 10.2. The van der Waals surface area contributed by atoms with Gasteiger partial charge in [-0.2, -0.15) is 5.10 Å². The van der Waals surface area contributed by atoms with Crippen LogP contribution in [0.4, 0.5) is 4.39 Å². The quantitative estimate of drug-likeness (QED) is 0.543. The minimum atomic E-state index is -0.365. The first kappa shape index (κ1) is 9.38. The Morgan fingerprint density at radius 2 is 2.08 bits per heavy atom. The molecule has 13 heavy (non-hydrogen) atoms. The molecular weight excluding hydrogens is 170 g/mol. The van der Waals surface area contributed by atoms with Crippen molar-refractivity contribution in [2.24, 2.45) is 5.10 Å². The number of amides is 1. The van der Waals surface area contributed by atoms with E-state index in [0.29, 0.717) is 5.56 Å². The largest absolute Gasteiger partial charge is 0.271 e. The lowest BCUT2D eigenvalue weighted by Gasteiger charge is -1.98. The SMILES string of the molecule is CC=NNC(=O)c1ccc([18F])cc1. The van der Waals surface area contributed by atoms with Gasteiger partial charge in [0.1, 0.15) is 5.82 Å². The highest BCUT2D eigenvalue weighted by Gasteiger charge is 2.02. The van der Waals surface area contributed by atoms with Crippen LogP contribution >= 0.6 is 0 Å². The van der Waals surface area contributed by atoms with Crippen molar-refractivity contribution >= 4 is 12.1 Å².